The van der Waals surface area contributed by atoms with E-state index in [2.05, 4.69) is 15.9 Å². The van der Waals surface area contributed by atoms with Gasteiger partial charge in [-0.2, -0.15) is 0 Å². The van der Waals surface area contributed by atoms with Crippen LogP contribution in [0.2, 0.25) is 0 Å². The average molecular weight is 274 g/mol. The Morgan fingerprint density at radius 1 is 1.43 bits per heavy atom. The molecular weight excluding hydrogens is 264 g/mol. The van der Waals surface area contributed by atoms with Gasteiger partial charge in [0.05, 0.1) is 0 Å². The van der Waals surface area contributed by atoms with E-state index in [1.165, 1.54) is 19.3 Å². The van der Waals surface area contributed by atoms with Crippen LogP contribution in [0.5, 0.6) is 0 Å². The van der Waals surface area contributed by atoms with Crippen LogP contribution in [0.15, 0.2) is 27.6 Å². The molecule has 1 atom stereocenters. The summed E-state index contributed by atoms with van der Waals surface area (Å²) in [6.45, 7) is 0. The first-order valence-electron chi connectivity index (χ1n) is 4.57. The predicted octanol–water partition coefficient (Wildman–Crippen LogP) is 2.95. The van der Waals surface area contributed by atoms with Crippen LogP contribution >= 0.6 is 15.9 Å². The summed E-state index contributed by atoms with van der Waals surface area (Å²) in [5.41, 5.74) is 1.14. The minimum absolute atomic E-state index is 0.384. The number of hydrogen-bond acceptors (Lipinski definition) is 2. The van der Waals surface area contributed by atoms with Crippen molar-refractivity contribution in [3.8, 4) is 0 Å². The molecule has 1 aliphatic carbocycles. The largest absolute Gasteiger partial charge is 0.768 e. The van der Waals surface area contributed by atoms with Crippen LogP contribution in [-0.2, 0) is 11.1 Å². The standard InChI is InChI=1S/C10H11BrO2S/c11-10-5-4-8(14(12)13)6-9(10)7-2-1-3-7/h4-7H,1-3H2,(H,12,13)/p-1. The summed E-state index contributed by atoms with van der Waals surface area (Å²) >= 11 is 1.34. The summed E-state index contributed by atoms with van der Waals surface area (Å²) in [4.78, 5) is 0.384. The maximum Gasteiger partial charge on any atom is 0.0252 e. The lowest BCUT2D eigenvalue weighted by atomic mass is 9.80. The van der Waals surface area contributed by atoms with E-state index >= 15 is 0 Å². The zero-order valence-electron chi connectivity index (χ0n) is 7.53. The molecule has 76 valence electrons. The van der Waals surface area contributed by atoms with Gasteiger partial charge in [0, 0.05) is 9.37 Å². The summed E-state index contributed by atoms with van der Waals surface area (Å²) in [6.07, 6.45) is 3.60. The first-order chi connectivity index (χ1) is 6.68. The van der Waals surface area contributed by atoms with Gasteiger partial charge in [-0.15, -0.1) is 0 Å². The second kappa shape index (κ2) is 4.13. The van der Waals surface area contributed by atoms with Crippen molar-refractivity contribution in [3.63, 3.8) is 0 Å². The zero-order valence-corrected chi connectivity index (χ0v) is 9.94. The van der Waals surface area contributed by atoms with E-state index in [1.807, 2.05) is 6.07 Å². The average Bonchev–Trinajstić information content (AvgIpc) is 2.05. The minimum Gasteiger partial charge on any atom is -0.768 e. The topological polar surface area (TPSA) is 40.1 Å². The number of rotatable bonds is 2. The van der Waals surface area contributed by atoms with E-state index in [-0.39, 0.29) is 0 Å². The van der Waals surface area contributed by atoms with Crippen molar-refractivity contribution in [2.75, 3.05) is 0 Å². The van der Waals surface area contributed by atoms with Crippen molar-refractivity contribution in [2.24, 2.45) is 0 Å². The lowest BCUT2D eigenvalue weighted by molar-refractivity contribution is 0.417. The molecule has 1 aliphatic rings. The number of benzene rings is 1. The summed E-state index contributed by atoms with van der Waals surface area (Å²) in [6, 6.07) is 5.21. The second-order valence-electron chi connectivity index (χ2n) is 3.55. The fourth-order valence-electron chi connectivity index (χ4n) is 1.66. The maximum atomic E-state index is 10.8. The molecular formula is C10H10BrO2S-. The van der Waals surface area contributed by atoms with Gasteiger partial charge in [-0.1, -0.05) is 22.4 Å². The summed E-state index contributed by atoms with van der Waals surface area (Å²) in [5, 5.41) is 0. The zero-order chi connectivity index (χ0) is 10.1. The van der Waals surface area contributed by atoms with Crippen LogP contribution in [-0.4, -0.2) is 8.76 Å². The second-order valence-corrected chi connectivity index (χ2v) is 5.34. The third-order valence-electron chi connectivity index (χ3n) is 2.70. The maximum absolute atomic E-state index is 10.8. The van der Waals surface area contributed by atoms with E-state index < -0.39 is 11.1 Å². The Bertz CT molecular complexity index is 374. The Balaban J connectivity index is 2.36. The van der Waals surface area contributed by atoms with Gasteiger partial charge in [-0.05, 0) is 53.6 Å². The van der Waals surface area contributed by atoms with Crippen molar-refractivity contribution in [1.82, 2.24) is 0 Å². The molecule has 2 nitrogen and oxygen atoms in total. The van der Waals surface area contributed by atoms with E-state index in [0.717, 1.165) is 10.0 Å². The molecule has 1 fully saturated rings. The normalized spacial score (nSPS) is 19.0. The molecule has 0 saturated heterocycles. The fourth-order valence-corrected chi connectivity index (χ4v) is 2.63. The minimum atomic E-state index is -2.11. The van der Waals surface area contributed by atoms with Crippen molar-refractivity contribution in [1.29, 1.82) is 0 Å². The Morgan fingerprint density at radius 2 is 2.14 bits per heavy atom. The smallest absolute Gasteiger partial charge is 0.0252 e. The predicted molar refractivity (Wildman–Crippen MR) is 57.9 cm³/mol. The first kappa shape index (κ1) is 10.3. The van der Waals surface area contributed by atoms with Crippen LogP contribution in [0, 0.1) is 0 Å². The van der Waals surface area contributed by atoms with Gasteiger partial charge in [0.25, 0.3) is 0 Å². The van der Waals surface area contributed by atoms with Gasteiger partial charge in [0.2, 0.25) is 0 Å². The van der Waals surface area contributed by atoms with Crippen molar-refractivity contribution in [3.05, 3.63) is 28.2 Å². The SMILES string of the molecule is O=S([O-])c1ccc(Br)c(C2CCC2)c1. The molecule has 0 aromatic heterocycles. The lowest BCUT2D eigenvalue weighted by Crippen LogP contribution is -2.09. The van der Waals surface area contributed by atoms with E-state index in [1.54, 1.807) is 12.1 Å². The highest BCUT2D eigenvalue weighted by Crippen LogP contribution is 2.40. The van der Waals surface area contributed by atoms with E-state index in [9.17, 15) is 8.76 Å². The quantitative estimate of drug-likeness (QED) is 0.778. The molecule has 0 N–H and O–H groups in total. The molecule has 1 aromatic rings. The van der Waals surface area contributed by atoms with Crippen molar-refractivity contribution >= 4 is 27.0 Å². The molecule has 14 heavy (non-hydrogen) atoms. The van der Waals surface area contributed by atoms with Gasteiger partial charge in [-0.3, -0.25) is 4.21 Å². The third-order valence-corrected chi connectivity index (χ3v) is 4.07. The highest BCUT2D eigenvalue weighted by atomic mass is 79.9. The number of hydrogen-bond donors (Lipinski definition) is 0. The Labute approximate surface area is 94.1 Å². The molecule has 0 aliphatic heterocycles. The fraction of sp³-hybridized carbons (Fsp3) is 0.400. The van der Waals surface area contributed by atoms with Crippen LogP contribution in [0.1, 0.15) is 30.7 Å². The molecule has 0 heterocycles. The summed E-state index contributed by atoms with van der Waals surface area (Å²) in [5.74, 6) is 0.549. The molecule has 2 rings (SSSR count). The van der Waals surface area contributed by atoms with Gasteiger partial charge in [-0.25, -0.2) is 0 Å². The lowest BCUT2D eigenvalue weighted by Gasteiger charge is -2.27. The van der Waals surface area contributed by atoms with Crippen molar-refractivity contribution < 1.29 is 8.76 Å². The molecule has 0 spiro atoms. The molecule has 0 bridgehead atoms. The van der Waals surface area contributed by atoms with Crippen molar-refractivity contribution in [2.45, 2.75) is 30.1 Å². The Morgan fingerprint density at radius 3 is 2.64 bits per heavy atom. The van der Waals surface area contributed by atoms with E-state index in [0.29, 0.717) is 10.8 Å². The van der Waals surface area contributed by atoms with Crippen LogP contribution in [0.25, 0.3) is 0 Å². The van der Waals surface area contributed by atoms with Crippen LogP contribution in [0.4, 0.5) is 0 Å². The van der Waals surface area contributed by atoms with Gasteiger partial charge >= 0.3 is 0 Å². The Hall–Kier alpha value is -0.190. The molecule has 1 unspecified atom stereocenters. The van der Waals surface area contributed by atoms with Crippen LogP contribution in [0.3, 0.4) is 0 Å². The van der Waals surface area contributed by atoms with Gasteiger partial charge < -0.3 is 4.55 Å². The summed E-state index contributed by atoms with van der Waals surface area (Å²) < 4.78 is 22.6. The number of halogens is 1. The molecule has 1 aromatic carbocycles. The third kappa shape index (κ3) is 1.92. The molecule has 1 saturated carbocycles. The highest BCUT2D eigenvalue weighted by molar-refractivity contribution is 9.10. The summed E-state index contributed by atoms with van der Waals surface area (Å²) in [7, 11) is 0. The van der Waals surface area contributed by atoms with Gasteiger partial charge in [0.1, 0.15) is 0 Å². The van der Waals surface area contributed by atoms with E-state index in [4.69, 9.17) is 0 Å². The molecule has 0 amide bonds. The van der Waals surface area contributed by atoms with Crippen LogP contribution < -0.4 is 0 Å². The molecule has 4 heteroatoms. The Kier molecular flexibility index (Phi) is 3.04. The monoisotopic (exact) mass is 273 g/mol. The van der Waals surface area contributed by atoms with Gasteiger partial charge in [0.15, 0.2) is 0 Å². The molecule has 0 radical (unpaired) electrons. The highest BCUT2D eigenvalue weighted by Gasteiger charge is 2.21. The first-order valence-corrected chi connectivity index (χ1v) is 6.44.